The van der Waals surface area contributed by atoms with E-state index in [2.05, 4.69) is 15.5 Å². The molecule has 0 saturated carbocycles. The third-order valence-corrected chi connectivity index (χ3v) is 4.75. The third kappa shape index (κ3) is 4.00. The second kappa shape index (κ2) is 7.82. The maximum Gasteiger partial charge on any atom is 0.390 e. The minimum absolute atomic E-state index is 0.231. The first-order valence-electron chi connectivity index (χ1n) is 8.97. The van der Waals surface area contributed by atoms with E-state index in [1.807, 2.05) is 0 Å². The van der Waals surface area contributed by atoms with Crippen molar-refractivity contribution >= 4 is 17.4 Å². The van der Waals surface area contributed by atoms with E-state index < -0.39 is 11.0 Å². The van der Waals surface area contributed by atoms with Crippen LogP contribution in [0.4, 0.5) is 15.9 Å². The molecule has 0 aliphatic rings. The summed E-state index contributed by atoms with van der Waals surface area (Å²) in [5, 5.41) is 22.0. The average molecular weight is 400 g/mol. The van der Waals surface area contributed by atoms with Gasteiger partial charge in [0, 0.05) is 5.56 Å². The second-order valence-corrected chi connectivity index (χ2v) is 6.81. The summed E-state index contributed by atoms with van der Waals surface area (Å²) in [4.78, 5) is 23.0. The summed E-state index contributed by atoms with van der Waals surface area (Å²) >= 11 is 0. The Balaban J connectivity index is 1.81. The first kappa shape index (κ1) is 20.2. The molecule has 1 aromatic carbocycles. The lowest BCUT2D eigenvalue weighted by molar-refractivity contribution is -0.389. The lowest BCUT2D eigenvalue weighted by Crippen LogP contribution is -2.25. The van der Waals surface area contributed by atoms with E-state index in [0.717, 1.165) is 0 Å². The van der Waals surface area contributed by atoms with Gasteiger partial charge in [-0.1, -0.05) is 18.2 Å². The highest BCUT2D eigenvalue weighted by Gasteiger charge is 2.26. The van der Waals surface area contributed by atoms with Gasteiger partial charge in [0.15, 0.2) is 0 Å². The lowest BCUT2D eigenvalue weighted by Gasteiger charge is -2.12. The number of anilines is 1. The number of nitrogens with zero attached hydrogens (tertiary/aromatic N) is 5. The zero-order chi connectivity index (χ0) is 21.3. The fourth-order valence-electron chi connectivity index (χ4n) is 3.11. The number of hydrogen-bond donors (Lipinski definition) is 1. The van der Waals surface area contributed by atoms with Crippen molar-refractivity contribution in [2.45, 2.75) is 40.3 Å². The molecule has 2 aromatic heterocycles. The molecule has 3 rings (SSSR count). The number of nitro groups is 1. The summed E-state index contributed by atoms with van der Waals surface area (Å²) in [6, 6.07) is 6.98. The van der Waals surface area contributed by atoms with Gasteiger partial charge in [0.25, 0.3) is 5.91 Å². The Kier molecular flexibility index (Phi) is 5.44. The molecule has 0 bridgehead atoms. The zero-order valence-corrected chi connectivity index (χ0v) is 16.5. The van der Waals surface area contributed by atoms with E-state index in [0.29, 0.717) is 28.3 Å². The molecular formula is C19H21FN6O3. The van der Waals surface area contributed by atoms with Crippen molar-refractivity contribution in [2.75, 3.05) is 5.32 Å². The molecule has 1 unspecified atom stereocenters. The van der Waals surface area contributed by atoms with Crippen LogP contribution >= 0.6 is 0 Å². The SMILES string of the molecule is Cc1nn(Cc2ccccc2F)c(C)c1NC(=O)C(C)n1nc([N+](=O)[O-])cc1C. The Morgan fingerprint density at radius 2 is 1.97 bits per heavy atom. The minimum Gasteiger partial charge on any atom is -0.358 e. The fourth-order valence-corrected chi connectivity index (χ4v) is 3.11. The number of halogens is 1. The van der Waals surface area contributed by atoms with E-state index in [1.54, 1.807) is 50.6 Å². The van der Waals surface area contributed by atoms with Gasteiger partial charge in [-0.15, -0.1) is 0 Å². The van der Waals surface area contributed by atoms with Crippen LogP contribution in [0.2, 0.25) is 0 Å². The number of hydrogen-bond acceptors (Lipinski definition) is 5. The van der Waals surface area contributed by atoms with Gasteiger partial charge in [0.05, 0.1) is 40.5 Å². The van der Waals surface area contributed by atoms with E-state index in [4.69, 9.17) is 0 Å². The Morgan fingerprint density at radius 1 is 1.28 bits per heavy atom. The van der Waals surface area contributed by atoms with Crippen molar-refractivity contribution in [1.82, 2.24) is 19.6 Å². The molecule has 0 aliphatic heterocycles. The maximum atomic E-state index is 13.9. The number of rotatable bonds is 6. The Morgan fingerprint density at radius 3 is 2.59 bits per heavy atom. The number of carbonyl (C=O) groups is 1. The molecule has 1 amide bonds. The Hall–Kier alpha value is -3.56. The van der Waals surface area contributed by atoms with Crippen LogP contribution in [0.25, 0.3) is 0 Å². The fraction of sp³-hybridized carbons (Fsp3) is 0.316. The summed E-state index contributed by atoms with van der Waals surface area (Å²) in [7, 11) is 0. The molecule has 1 N–H and O–H groups in total. The number of aryl methyl sites for hydroxylation is 2. The second-order valence-electron chi connectivity index (χ2n) is 6.81. The van der Waals surface area contributed by atoms with E-state index >= 15 is 0 Å². The highest BCUT2D eigenvalue weighted by atomic mass is 19.1. The van der Waals surface area contributed by atoms with Crippen molar-refractivity contribution < 1.29 is 14.1 Å². The molecule has 152 valence electrons. The van der Waals surface area contributed by atoms with Gasteiger partial charge in [-0.05, 0) is 38.7 Å². The van der Waals surface area contributed by atoms with Crippen LogP contribution in [0, 0.1) is 36.7 Å². The Labute approximate surface area is 166 Å². The zero-order valence-electron chi connectivity index (χ0n) is 16.5. The molecule has 3 aromatic rings. The van der Waals surface area contributed by atoms with Gasteiger partial charge in [-0.2, -0.15) is 9.78 Å². The molecule has 10 heteroatoms. The standard InChI is InChI=1S/C19H21FN6O3/c1-11-9-17(26(28)29)23-25(11)14(4)19(27)21-18-12(2)22-24(13(18)3)10-15-7-5-6-8-16(15)20/h5-9,14H,10H2,1-4H3,(H,21,27). The van der Waals surface area contributed by atoms with Gasteiger partial charge in [0.1, 0.15) is 11.9 Å². The van der Waals surface area contributed by atoms with Crippen molar-refractivity contribution in [2.24, 2.45) is 0 Å². The minimum atomic E-state index is -0.766. The monoisotopic (exact) mass is 400 g/mol. The predicted molar refractivity (Wildman–Crippen MR) is 104 cm³/mol. The van der Waals surface area contributed by atoms with Gasteiger partial charge in [0.2, 0.25) is 0 Å². The summed E-state index contributed by atoms with van der Waals surface area (Å²) in [6.07, 6.45) is 0. The predicted octanol–water partition coefficient (Wildman–Crippen LogP) is 3.30. The summed E-state index contributed by atoms with van der Waals surface area (Å²) in [6.45, 7) is 7.01. The first-order valence-corrected chi connectivity index (χ1v) is 8.97. The highest BCUT2D eigenvalue weighted by Crippen LogP contribution is 2.23. The van der Waals surface area contributed by atoms with Crippen LogP contribution in [0.15, 0.2) is 30.3 Å². The summed E-state index contributed by atoms with van der Waals surface area (Å²) in [5.74, 6) is -1.02. The number of amides is 1. The maximum absolute atomic E-state index is 13.9. The molecule has 2 heterocycles. The molecule has 0 saturated heterocycles. The van der Waals surface area contributed by atoms with E-state index in [-0.39, 0.29) is 24.1 Å². The largest absolute Gasteiger partial charge is 0.390 e. The van der Waals surface area contributed by atoms with Crippen LogP contribution in [-0.2, 0) is 11.3 Å². The normalized spacial score (nSPS) is 12.0. The highest BCUT2D eigenvalue weighted by molar-refractivity contribution is 5.94. The summed E-state index contributed by atoms with van der Waals surface area (Å²) in [5.41, 5.74) is 2.78. The topological polar surface area (TPSA) is 108 Å². The van der Waals surface area contributed by atoms with Crippen LogP contribution in [0.3, 0.4) is 0 Å². The molecule has 0 radical (unpaired) electrons. The van der Waals surface area contributed by atoms with Gasteiger partial charge < -0.3 is 15.4 Å². The molecular weight excluding hydrogens is 379 g/mol. The van der Waals surface area contributed by atoms with Gasteiger partial charge in [-0.3, -0.25) is 9.48 Å². The van der Waals surface area contributed by atoms with E-state index in [1.165, 1.54) is 16.8 Å². The molecule has 29 heavy (non-hydrogen) atoms. The van der Waals surface area contributed by atoms with Gasteiger partial charge >= 0.3 is 5.82 Å². The summed E-state index contributed by atoms with van der Waals surface area (Å²) < 4.78 is 16.9. The van der Waals surface area contributed by atoms with Crippen molar-refractivity contribution in [3.8, 4) is 0 Å². The number of nitrogens with one attached hydrogen (secondary N) is 1. The lowest BCUT2D eigenvalue weighted by atomic mass is 10.2. The molecule has 0 spiro atoms. The van der Waals surface area contributed by atoms with Crippen molar-refractivity contribution in [3.05, 3.63) is 68.9 Å². The Bertz CT molecular complexity index is 1090. The van der Waals surface area contributed by atoms with Gasteiger partial charge in [-0.25, -0.2) is 4.39 Å². The van der Waals surface area contributed by atoms with Crippen LogP contribution in [0.5, 0.6) is 0 Å². The number of carbonyl (C=O) groups excluding carboxylic acids is 1. The molecule has 1 atom stereocenters. The molecule has 0 aliphatic carbocycles. The number of aromatic nitrogens is 4. The molecule has 0 fully saturated rings. The third-order valence-electron chi connectivity index (χ3n) is 4.75. The smallest absolute Gasteiger partial charge is 0.358 e. The van der Waals surface area contributed by atoms with Crippen LogP contribution in [-0.4, -0.2) is 30.4 Å². The van der Waals surface area contributed by atoms with Crippen LogP contribution in [0.1, 0.15) is 35.6 Å². The average Bonchev–Trinajstić information content (AvgIpc) is 3.18. The van der Waals surface area contributed by atoms with Crippen LogP contribution < -0.4 is 5.32 Å². The number of benzene rings is 1. The van der Waals surface area contributed by atoms with Crippen molar-refractivity contribution in [3.63, 3.8) is 0 Å². The first-order chi connectivity index (χ1) is 13.7. The quantitative estimate of drug-likeness (QED) is 0.504. The van der Waals surface area contributed by atoms with Crippen molar-refractivity contribution in [1.29, 1.82) is 0 Å². The van der Waals surface area contributed by atoms with E-state index in [9.17, 15) is 19.3 Å². The molecule has 9 nitrogen and oxygen atoms in total.